The summed E-state index contributed by atoms with van der Waals surface area (Å²) in [5, 5.41) is 11.7. The molecule has 0 aliphatic heterocycles. The minimum Gasteiger partial charge on any atom is -0.494 e. The summed E-state index contributed by atoms with van der Waals surface area (Å²) in [5.74, 6) is -0.938. The zero-order chi connectivity index (χ0) is 15.7. The topological polar surface area (TPSA) is 139 Å². The summed E-state index contributed by atoms with van der Waals surface area (Å²) in [7, 11) is -4.10. The molecule has 0 amide bonds. The van der Waals surface area contributed by atoms with Crippen LogP contribution in [0.4, 0.5) is 0 Å². The zero-order valence-corrected chi connectivity index (χ0v) is 11.7. The molecular formula is C11H13N3O6S. The van der Waals surface area contributed by atoms with E-state index in [1.165, 1.54) is 24.3 Å². The molecule has 0 aliphatic rings. The van der Waals surface area contributed by atoms with Crippen LogP contribution < -0.4 is 4.74 Å². The quantitative estimate of drug-likeness (QED) is 0.241. The van der Waals surface area contributed by atoms with Gasteiger partial charge in [-0.15, -0.1) is 0 Å². The highest BCUT2D eigenvalue weighted by molar-refractivity contribution is 7.86. The Balaban J connectivity index is 2.56. The fourth-order valence-electron chi connectivity index (χ4n) is 1.27. The molecule has 0 radical (unpaired) electrons. The number of carboxylic acid groups (broad SMARTS) is 1. The van der Waals surface area contributed by atoms with Crippen LogP contribution in [0.25, 0.3) is 10.4 Å². The average Bonchev–Trinajstić information content (AvgIpc) is 2.46. The third-order valence-electron chi connectivity index (χ3n) is 2.18. The highest BCUT2D eigenvalue weighted by Crippen LogP contribution is 2.17. The van der Waals surface area contributed by atoms with Gasteiger partial charge in [-0.05, 0) is 36.2 Å². The lowest BCUT2D eigenvalue weighted by atomic mass is 10.3. The molecule has 9 nitrogen and oxygen atoms in total. The highest BCUT2D eigenvalue weighted by Gasteiger charge is 2.16. The molecule has 0 fully saturated rings. The van der Waals surface area contributed by atoms with Gasteiger partial charge in [0.2, 0.25) is 0 Å². The van der Waals surface area contributed by atoms with Gasteiger partial charge in [0.05, 0.1) is 11.5 Å². The number of carboxylic acids is 1. The van der Waals surface area contributed by atoms with E-state index in [-0.39, 0.29) is 4.90 Å². The number of carbonyl (C=O) groups is 1. The molecule has 1 N–H and O–H groups in total. The zero-order valence-electron chi connectivity index (χ0n) is 10.9. The van der Waals surface area contributed by atoms with Crippen LogP contribution in [0.5, 0.6) is 5.75 Å². The Morgan fingerprint density at radius 2 is 2.00 bits per heavy atom. The van der Waals surface area contributed by atoms with Crippen molar-refractivity contribution in [3.05, 3.63) is 34.7 Å². The molecule has 0 spiro atoms. The molecular weight excluding hydrogens is 302 g/mol. The van der Waals surface area contributed by atoms with E-state index in [0.29, 0.717) is 25.3 Å². The van der Waals surface area contributed by atoms with E-state index < -0.39 is 22.7 Å². The van der Waals surface area contributed by atoms with Gasteiger partial charge in [-0.25, -0.2) is 4.79 Å². The van der Waals surface area contributed by atoms with Crippen LogP contribution in [-0.2, 0) is 19.1 Å². The predicted molar refractivity (Wildman–Crippen MR) is 71.3 cm³/mol. The number of hydrogen-bond donors (Lipinski definition) is 1. The molecule has 0 aromatic heterocycles. The van der Waals surface area contributed by atoms with Crippen LogP contribution in [0.2, 0.25) is 0 Å². The Bertz CT molecular complexity index is 622. The van der Waals surface area contributed by atoms with Gasteiger partial charge >= 0.3 is 5.97 Å². The largest absolute Gasteiger partial charge is 0.494 e. The van der Waals surface area contributed by atoms with Gasteiger partial charge in [0, 0.05) is 11.5 Å². The minimum absolute atomic E-state index is 0.162. The van der Waals surface area contributed by atoms with Gasteiger partial charge in [-0.1, -0.05) is 5.11 Å². The fourth-order valence-corrected chi connectivity index (χ4v) is 2.13. The second-order valence-electron chi connectivity index (χ2n) is 3.74. The monoisotopic (exact) mass is 315 g/mol. The first-order chi connectivity index (χ1) is 9.95. The Morgan fingerprint density at radius 3 is 2.57 bits per heavy atom. The fraction of sp³-hybridized carbons (Fsp3) is 0.364. The van der Waals surface area contributed by atoms with E-state index in [2.05, 4.69) is 14.2 Å². The molecule has 0 saturated carbocycles. The van der Waals surface area contributed by atoms with Crippen molar-refractivity contribution in [2.45, 2.75) is 11.3 Å². The minimum atomic E-state index is -4.10. The van der Waals surface area contributed by atoms with Gasteiger partial charge in [0.25, 0.3) is 10.1 Å². The summed E-state index contributed by atoms with van der Waals surface area (Å²) in [6.07, 6.45) is 0.534. The molecule has 0 atom stereocenters. The van der Waals surface area contributed by atoms with Gasteiger partial charge in [0.15, 0.2) is 6.61 Å². The van der Waals surface area contributed by atoms with Crippen molar-refractivity contribution in [2.24, 2.45) is 5.11 Å². The standard InChI is InChI=1S/C11H13N3O6S/c12-14-13-6-1-7-19-9-2-4-10(5-3-9)21(17,18)20-8-11(15)16/h2-5H,1,6-8H2,(H,15,16). The summed E-state index contributed by atoms with van der Waals surface area (Å²) in [4.78, 5) is 12.7. The Labute approximate surface area is 120 Å². The lowest BCUT2D eigenvalue weighted by Crippen LogP contribution is -2.13. The van der Waals surface area contributed by atoms with E-state index in [4.69, 9.17) is 15.4 Å². The number of nitrogens with zero attached hydrogens (tertiary/aromatic N) is 3. The summed E-state index contributed by atoms with van der Waals surface area (Å²) in [6.45, 7) is -0.299. The van der Waals surface area contributed by atoms with E-state index in [1.807, 2.05) is 0 Å². The second-order valence-corrected chi connectivity index (χ2v) is 5.35. The van der Waals surface area contributed by atoms with Crippen LogP contribution in [0.3, 0.4) is 0 Å². The molecule has 1 aromatic carbocycles. The van der Waals surface area contributed by atoms with E-state index in [0.717, 1.165) is 0 Å². The molecule has 1 rings (SSSR count). The van der Waals surface area contributed by atoms with Gasteiger partial charge in [0.1, 0.15) is 5.75 Å². The Morgan fingerprint density at radius 1 is 1.33 bits per heavy atom. The molecule has 0 aliphatic carbocycles. The normalized spacial score (nSPS) is 10.7. The summed E-state index contributed by atoms with van der Waals surface area (Å²) in [5.41, 5.74) is 8.08. The molecule has 0 bridgehead atoms. The van der Waals surface area contributed by atoms with Crippen LogP contribution in [0.1, 0.15) is 6.42 Å². The number of aliphatic carboxylic acids is 1. The van der Waals surface area contributed by atoms with Crippen molar-refractivity contribution < 1.29 is 27.2 Å². The number of hydrogen-bond acceptors (Lipinski definition) is 6. The Hall–Kier alpha value is -2.29. The molecule has 0 unspecified atom stereocenters. The van der Waals surface area contributed by atoms with Crippen molar-refractivity contribution in [1.82, 2.24) is 0 Å². The van der Waals surface area contributed by atoms with Crippen molar-refractivity contribution in [3.63, 3.8) is 0 Å². The van der Waals surface area contributed by atoms with Crippen LogP contribution in [-0.4, -0.2) is 39.3 Å². The van der Waals surface area contributed by atoms with Crippen molar-refractivity contribution in [3.8, 4) is 5.75 Å². The molecule has 1 aromatic rings. The first-order valence-corrected chi connectivity index (χ1v) is 7.21. The molecule has 0 heterocycles. The van der Waals surface area contributed by atoms with Crippen molar-refractivity contribution in [1.29, 1.82) is 0 Å². The summed E-state index contributed by atoms with van der Waals surface area (Å²) in [6, 6.07) is 5.34. The smallest absolute Gasteiger partial charge is 0.331 e. The highest BCUT2D eigenvalue weighted by atomic mass is 32.2. The number of ether oxygens (including phenoxy) is 1. The van der Waals surface area contributed by atoms with Crippen LogP contribution in [0, 0.1) is 0 Å². The maximum Gasteiger partial charge on any atom is 0.331 e. The maximum atomic E-state index is 11.6. The second kappa shape index (κ2) is 8.10. The predicted octanol–water partition coefficient (Wildman–Crippen LogP) is 1.56. The average molecular weight is 315 g/mol. The van der Waals surface area contributed by atoms with Gasteiger partial charge < -0.3 is 9.84 Å². The van der Waals surface area contributed by atoms with Crippen LogP contribution >= 0.6 is 0 Å². The Kier molecular flexibility index (Phi) is 6.47. The molecule has 21 heavy (non-hydrogen) atoms. The SMILES string of the molecule is [N-]=[N+]=NCCCOc1ccc(S(=O)(=O)OCC(=O)O)cc1. The van der Waals surface area contributed by atoms with Crippen LogP contribution in [0.15, 0.2) is 34.3 Å². The lowest BCUT2D eigenvalue weighted by Gasteiger charge is -2.07. The van der Waals surface area contributed by atoms with Gasteiger partial charge in [-0.3, -0.25) is 4.18 Å². The number of rotatable bonds is 9. The third-order valence-corrected chi connectivity index (χ3v) is 3.46. The lowest BCUT2D eigenvalue weighted by molar-refractivity contribution is -0.139. The summed E-state index contributed by atoms with van der Waals surface area (Å²) < 4.78 is 32.8. The number of azide groups is 1. The first-order valence-electron chi connectivity index (χ1n) is 5.80. The first kappa shape index (κ1) is 16.8. The molecule has 10 heteroatoms. The van der Waals surface area contributed by atoms with E-state index in [1.54, 1.807) is 0 Å². The maximum absolute atomic E-state index is 11.6. The van der Waals surface area contributed by atoms with E-state index in [9.17, 15) is 13.2 Å². The van der Waals surface area contributed by atoms with E-state index >= 15 is 0 Å². The summed E-state index contributed by atoms with van der Waals surface area (Å²) >= 11 is 0. The number of benzene rings is 1. The van der Waals surface area contributed by atoms with Crippen molar-refractivity contribution in [2.75, 3.05) is 19.8 Å². The third kappa shape index (κ3) is 6.13. The molecule has 114 valence electrons. The van der Waals surface area contributed by atoms with Gasteiger partial charge in [-0.2, -0.15) is 8.42 Å². The van der Waals surface area contributed by atoms with Crippen molar-refractivity contribution >= 4 is 16.1 Å². The molecule has 0 saturated heterocycles.